The number of fused-ring (bicyclic) bond motifs is 1. The number of rotatable bonds is 10. The van der Waals surface area contributed by atoms with Crippen LogP contribution in [0.15, 0.2) is 35.5 Å². The Morgan fingerprint density at radius 2 is 1.76 bits per heavy atom. The van der Waals surface area contributed by atoms with Crippen LogP contribution >= 0.6 is 0 Å². The first kappa shape index (κ1) is 29.1. The highest BCUT2D eigenvalue weighted by Gasteiger charge is 2.31. The van der Waals surface area contributed by atoms with E-state index in [2.05, 4.69) is 31.6 Å². The number of hydrogen-bond acceptors (Lipinski definition) is 11. The number of benzene rings is 1. The minimum atomic E-state index is -3.63. The van der Waals surface area contributed by atoms with Gasteiger partial charge in [-0.2, -0.15) is 9.29 Å². The van der Waals surface area contributed by atoms with E-state index in [1.54, 1.807) is 28.8 Å². The Labute approximate surface area is 242 Å². The first-order chi connectivity index (χ1) is 19.7. The first-order valence-corrected chi connectivity index (χ1v) is 15.5. The third kappa shape index (κ3) is 5.98. The predicted molar refractivity (Wildman–Crippen MR) is 160 cm³/mol. The van der Waals surface area contributed by atoms with Crippen molar-refractivity contribution in [3.8, 4) is 11.3 Å². The van der Waals surface area contributed by atoms with Crippen LogP contribution in [-0.4, -0.2) is 104 Å². The smallest absolute Gasteiger partial charge is 0.243 e. The molecule has 2 aliphatic rings. The fraction of sp³-hybridized carbons (Fsp3) is 0.500. The van der Waals surface area contributed by atoms with Crippen LogP contribution in [-0.2, 0) is 21.2 Å². The van der Waals surface area contributed by atoms with E-state index in [4.69, 9.17) is 20.4 Å². The number of hydrogen-bond donors (Lipinski definition) is 1. The summed E-state index contributed by atoms with van der Waals surface area (Å²) >= 11 is 0. The third-order valence-corrected chi connectivity index (χ3v) is 9.74. The van der Waals surface area contributed by atoms with Crippen molar-refractivity contribution in [2.75, 3.05) is 81.6 Å². The third-order valence-electron chi connectivity index (χ3n) is 7.77. The zero-order valence-electron chi connectivity index (χ0n) is 24.2. The van der Waals surface area contributed by atoms with Gasteiger partial charge in [-0.1, -0.05) is 13.8 Å². The maximum absolute atomic E-state index is 13.5. The van der Waals surface area contributed by atoms with Crippen LogP contribution in [0.3, 0.4) is 0 Å². The number of nitrogen functional groups attached to an aromatic ring is 1. The Bertz CT molecular complexity index is 1480. The first-order valence-electron chi connectivity index (χ1n) is 14.1. The second kappa shape index (κ2) is 12.2. The zero-order chi connectivity index (χ0) is 29.1. The average Bonchev–Trinajstić information content (AvgIpc) is 3.41. The molecule has 1 saturated heterocycles. The molecule has 2 aromatic heterocycles. The van der Waals surface area contributed by atoms with Crippen LogP contribution in [0.4, 0.5) is 23.4 Å². The molecule has 0 spiro atoms. The Hall–Kier alpha value is -3.39. The lowest BCUT2D eigenvalue weighted by Crippen LogP contribution is -2.37. The standard InChI is InChI=1S/C28H39N9O3S/c1-5-34(4)11-12-36(6-2)41(38,39)22-7-8-24(20(3)17-22)37-10-9-23-25(21-18-30-27(29)31-19-21)32-28(33-26(23)37)35-13-15-40-16-14-35/h7-8,17-19H,5-6,9-16H2,1-4H3,(H2,29,30,31). The lowest BCUT2D eigenvalue weighted by molar-refractivity contribution is 0.122. The van der Waals surface area contributed by atoms with Gasteiger partial charge in [0.15, 0.2) is 0 Å². The molecule has 0 radical (unpaired) electrons. The van der Waals surface area contributed by atoms with Crippen LogP contribution in [0.2, 0.25) is 0 Å². The Balaban J connectivity index is 1.50. The quantitative estimate of drug-likeness (QED) is 0.378. The van der Waals surface area contributed by atoms with Crippen molar-refractivity contribution in [3.63, 3.8) is 0 Å². The topological polar surface area (TPSA) is 134 Å². The number of aryl methyl sites for hydroxylation is 1. The number of ether oxygens (including phenoxy) is 1. The van der Waals surface area contributed by atoms with Gasteiger partial charge in [-0.15, -0.1) is 0 Å². The summed E-state index contributed by atoms with van der Waals surface area (Å²) in [5.74, 6) is 1.64. The maximum atomic E-state index is 13.5. The molecule has 1 aromatic carbocycles. The molecule has 5 rings (SSSR count). The van der Waals surface area contributed by atoms with Crippen molar-refractivity contribution in [2.45, 2.75) is 32.1 Å². The van der Waals surface area contributed by atoms with Crippen LogP contribution < -0.4 is 15.5 Å². The summed E-state index contributed by atoms with van der Waals surface area (Å²) in [6.07, 6.45) is 4.12. The molecule has 3 aromatic rings. The summed E-state index contributed by atoms with van der Waals surface area (Å²) in [5, 5.41) is 0. The van der Waals surface area contributed by atoms with E-state index in [-0.39, 0.29) is 5.95 Å². The zero-order valence-corrected chi connectivity index (χ0v) is 25.1. The molecular weight excluding hydrogens is 542 g/mol. The van der Waals surface area contributed by atoms with Crippen LogP contribution in [0.5, 0.6) is 0 Å². The van der Waals surface area contributed by atoms with Gasteiger partial charge in [-0.25, -0.2) is 23.4 Å². The van der Waals surface area contributed by atoms with E-state index in [9.17, 15) is 8.42 Å². The molecule has 1 fully saturated rings. The predicted octanol–water partition coefficient (Wildman–Crippen LogP) is 2.32. The summed E-state index contributed by atoms with van der Waals surface area (Å²) in [6.45, 7) is 11.6. The van der Waals surface area contributed by atoms with Gasteiger partial charge in [0.05, 0.1) is 23.8 Å². The average molecular weight is 582 g/mol. The van der Waals surface area contributed by atoms with Crippen LogP contribution in [0, 0.1) is 6.92 Å². The number of nitrogens with two attached hydrogens (primary N) is 1. The fourth-order valence-corrected chi connectivity index (χ4v) is 6.74. The lowest BCUT2D eigenvalue weighted by Gasteiger charge is -2.29. The number of sulfonamides is 1. The molecule has 2 N–H and O–H groups in total. The molecule has 0 saturated carbocycles. The van der Waals surface area contributed by atoms with Crippen molar-refractivity contribution in [2.24, 2.45) is 0 Å². The Morgan fingerprint density at radius 3 is 2.41 bits per heavy atom. The Morgan fingerprint density at radius 1 is 1.02 bits per heavy atom. The molecule has 13 heteroatoms. The highest BCUT2D eigenvalue weighted by Crippen LogP contribution is 2.40. The molecular formula is C28H39N9O3S. The molecule has 0 atom stereocenters. The van der Waals surface area contributed by atoms with Gasteiger partial charge in [0.1, 0.15) is 5.82 Å². The van der Waals surface area contributed by atoms with Gasteiger partial charge in [-0.3, -0.25) is 0 Å². The molecule has 2 aliphatic heterocycles. The second-order valence-electron chi connectivity index (χ2n) is 10.3. The highest BCUT2D eigenvalue weighted by molar-refractivity contribution is 7.89. The summed E-state index contributed by atoms with van der Waals surface area (Å²) in [5.41, 5.74) is 10.1. The van der Waals surface area contributed by atoms with Crippen molar-refractivity contribution in [1.29, 1.82) is 0 Å². The van der Waals surface area contributed by atoms with Gasteiger partial charge in [0.25, 0.3) is 0 Å². The highest BCUT2D eigenvalue weighted by atomic mass is 32.2. The van der Waals surface area contributed by atoms with Crippen molar-refractivity contribution in [1.82, 2.24) is 29.1 Å². The number of morpholine rings is 1. The van der Waals surface area contributed by atoms with E-state index in [0.717, 1.165) is 46.9 Å². The number of aromatic nitrogens is 4. The van der Waals surface area contributed by atoms with E-state index in [1.807, 2.05) is 27.0 Å². The molecule has 41 heavy (non-hydrogen) atoms. The second-order valence-corrected chi connectivity index (χ2v) is 12.3. The summed E-state index contributed by atoms with van der Waals surface area (Å²) in [4.78, 5) is 25.1. The van der Waals surface area contributed by atoms with Gasteiger partial charge in [0, 0.05) is 68.5 Å². The number of anilines is 4. The van der Waals surface area contributed by atoms with E-state index in [0.29, 0.717) is 63.3 Å². The molecule has 0 bridgehead atoms. The molecule has 12 nitrogen and oxygen atoms in total. The van der Waals surface area contributed by atoms with Crippen molar-refractivity contribution >= 4 is 33.4 Å². The maximum Gasteiger partial charge on any atom is 0.243 e. The van der Waals surface area contributed by atoms with Crippen molar-refractivity contribution < 1.29 is 13.2 Å². The monoisotopic (exact) mass is 581 g/mol. The van der Waals surface area contributed by atoms with Gasteiger partial charge >= 0.3 is 0 Å². The van der Waals surface area contributed by atoms with Gasteiger partial charge in [-0.05, 0) is 50.7 Å². The van der Waals surface area contributed by atoms with E-state index >= 15 is 0 Å². The normalized spacial score (nSPS) is 15.7. The van der Waals surface area contributed by atoms with E-state index in [1.165, 1.54) is 0 Å². The van der Waals surface area contributed by atoms with Gasteiger partial charge in [0.2, 0.25) is 21.9 Å². The Kier molecular flexibility index (Phi) is 8.68. The molecule has 4 heterocycles. The molecule has 0 aliphatic carbocycles. The molecule has 0 unspecified atom stereocenters. The van der Waals surface area contributed by atoms with Crippen LogP contribution in [0.25, 0.3) is 11.3 Å². The summed E-state index contributed by atoms with van der Waals surface area (Å²) in [7, 11) is -1.63. The lowest BCUT2D eigenvalue weighted by atomic mass is 10.1. The molecule has 220 valence electrons. The molecule has 0 amide bonds. The fourth-order valence-electron chi connectivity index (χ4n) is 5.21. The SMILES string of the molecule is CCN(C)CCN(CC)S(=O)(=O)c1ccc(N2CCc3c(-c4cnc(N)nc4)nc(N4CCOCC4)nc32)c(C)c1. The van der Waals surface area contributed by atoms with Gasteiger partial charge < -0.3 is 25.2 Å². The van der Waals surface area contributed by atoms with Crippen molar-refractivity contribution in [3.05, 3.63) is 41.7 Å². The van der Waals surface area contributed by atoms with Crippen LogP contribution in [0.1, 0.15) is 25.0 Å². The minimum absolute atomic E-state index is 0.208. The largest absolute Gasteiger partial charge is 0.378 e. The summed E-state index contributed by atoms with van der Waals surface area (Å²) in [6, 6.07) is 5.38. The minimum Gasteiger partial charge on any atom is -0.378 e. The number of nitrogens with zero attached hydrogens (tertiary/aromatic N) is 8. The summed E-state index contributed by atoms with van der Waals surface area (Å²) < 4.78 is 34.1. The number of likely N-dealkylation sites (N-methyl/N-ethyl adjacent to an activating group) is 2. The van der Waals surface area contributed by atoms with E-state index < -0.39 is 10.0 Å².